The Bertz CT molecular complexity index is 132. The van der Waals surface area contributed by atoms with Crippen molar-refractivity contribution >= 4 is 0 Å². The fourth-order valence-electron chi connectivity index (χ4n) is 1.07. The van der Waals surface area contributed by atoms with Crippen LogP contribution < -0.4 is 5.32 Å². The van der Waals surface area contributed by atoms with Crippen LogP contribution in [0.4, 0.5) is 0 Å². The van der Waals surface area contributed by atoms with Crippen molar-refractivity contribution in [3.8, 4) is 0 Å². The number of rotatable bonds is 4. The van der Waals surface area contributed by atoms with Crippen LogP contribution in [0.1, 0.15) is 34.1 Å². The molecule has 1 N–H and O–H groups in total. The quantitative estimate of drug-likeness (QED) is 0.638. The molecule has 72 valence electrons. The molecule has 0 spiro atoms. The number of hydrogen-bond donors (Lipinski definition) is 1. The van der Waals surface area contributed by atoms with Gasteiger partial charge in [-0.05, 0) is 24.8 Å². The van der Waals surface area contributed by atoms with E-state index >= 15 is 0 Å². The first-order valence-corrected chi connectivity index (χ1v) is 4.71. The van der Waals surface area contributed by atoms with Crippen LogP contribution in [0.2, 0.25) is 0 Å². The van der Waals surface area contributed by atoms with E-state index in [1.54, 1.807) is 0 Å². The van der Waals surface area contributed by atoms with Crippen molar-refractivity contribution in [3.05, 3.63) is 12.7 Å². The Labute approximate surface area is 77.2 Å². The lowest BCUT2D eigenvalue weighted by molar-refractivity contribution is 0.235. The van der Waals surface area contributed by atoms with Crippen LogP contribution in [0.25, 0.3) is 0 Å². The van der Waals surface area contributed by atoms with Gasteiger partial charge in [-0.15, -0.1) is 6.58 Å². The third-order valence-corrected chi connectivity index (χ3v) is 2.74. The van der Waals surface area contributed by atoms with E-state index in [0.29, 0.717) is 17.4 Å². The van der Waals surface area contributed by atoms with Crippen molar-refractivity contribution in [1.82, 2.24) is 5.32 Å². The van der Waals surface area contributed by atoms with E-state index in [0.717, 1.165) is 0 Å². The fourth-order valence-corrected chi connectivity index (χ4v) is 1.07. The standard InChI is InChI=1S/C11H23N/c1-7-10(12-6)8-9(2)11(3,4)5/h7,9-10,12H,1,8H2,2-6H3. The van der Waals surface area contributed by atoms with E-state index in [4.69, 9.17) is 0 Å². The minimum absolute atomic E-state index is 0.401. The Kier molecular flexibility index (Phi) is 4.54. The first-order chi connectivity index (χ1) is 5.41. The van der Waals surface area contributed by atoms with Crippen LogP contribution >= 0.6 is 0 Å². The average molecular weight is 169 g/mol. The van der Waals surface area contributed by atoms with Gasteiger partial charge in [0, 0.05) is 6.04 Å². The normalized spacial score (nSPS) is 17.1. The molecule has 0 aliphatic rings. The summed E-state index contributed by atoms with van der Waals surface area (Å²) in [5.41, 5.74) is 0.401. The summed E-state index contributed by atoms with van der Waals surface area (Å²) in [6.07, 6.45) is 3.16. The van der Waals surface area contributed by atoms with E-state index in [1.165, 1.54) is 6.42 Å². The largest absolute Gasteiger partial charge is 0.314 e. The second-order valence-electron chi connectivity index (χ2n) is 4.63. The SMILES string of the molecule is C=CC(CC(C)C(C)(C)C)NC. The number of likely N-dealkylation sites (N-methyl/N-ethyl adjacent to an activating group) is 1. The first kappa shape index (κ1) is 11.7. The summed E-state index contributed by atoms with van der Waals surface area (Å²) in [5.74, 6) is 0.716. The van der Waals surface area contributed by atoms with Crippen LogP contribution in [-0.2, 0) is 0 Å². The molecule has 2 unspecified atom stereocenters. The van der Waals surface area contributed by atoms with E-state index in [2.05, 4.69) is 39.6 Å². The van der Waals surface area contributed by atoms with Crippen molar-refractivity contribution in [2.24, 2.45) is 11.3 Å². The molecule has 0 saturated carbocycles. The predicted octanol–water partition coefficient (Wildman–Crippen LogP) is 2.83. The number of nitrogens with one attached hydrogen (secondary N) is 1. The van der Waals surface area contributed by atoms with Gasteiger partial charge >= 0.3 is 0 Å². The highest BCUT2D eigenvalue weighted by molar-refractivity contribution is 4.87. The molecule has 0 aliphatic carbocycles. The zero-order valence-electron chi connectivity index (χ0n) is 9.15. The molecule has 0 amide bonds. The van der Waals surface area contributed by atoms with Gasteiger partial charge in [-0.1, -0.05) is 33.8 Å². The van der Waals surface area contributed by atoms with E-state index < -0.39 is 0 Å². The summed E-state index contributed by atoms with van der Waals surface area (Å²) >= 11 is 0. The molecule has 2 atom stereocenters. The van der Waals surface area contributed by atoms with Crippen molar-refractivity contribution < 1.29 is 0 Å². The fraction of sp³-hybridized carbons (Fsp3) is 0.818. The van der Waals surface area contributed by atoms with E-state index in [1.807, 2.05) is 13.1 Å². The first-order valence-electron chi connectivity index (χ1n) is 4.71. The van der Waals surface area contributed by atoms with Gasteiger partial charge in [-0.25, -0.2) is 0 Å². The van der Waals surface area contributed by atoms with Crippen LogP contribution in [0, 0.1) is 11.3 Å². The molecular weight excluding hydrogens is 146 g/mol. The van der Waals surface area contributed by atoms with Crippen molar-refractivity contribution in [1.29, 1.82) is 0 Å². The molecule has 0 saturated heterocycles. The van der Waals surface area contributed by atoms with Gasteiger partial charge in [0.2, 0.25) is 0 Å². The number of hydrogen-bond acceptors (Lipinski definition) is 1. The molecule has 0 aromatic rings. The van der Waals surface area contributed by atoms with Gasteiger partial charge in [0.05, 0.1) is 0 Å². The smallest absolute Gasteiger partial charge is 0.0247 e. The Hall–Kier alpha value is -0.300. The van der Waals surface area contributed by atoms with Crippen molar-refractivity contribution in [2.45, 2.75) is 40.2 Å². The molecule has 0 bridgehead atoms. The van der Waals surface area contributed by atoms with Gasteiger partial charge in [0.15, 0.2) is 0 Å². The van der Waals surface area contributed by atoms with Crippen LogP contribution in [0.5, 0.6) is 0 Å². The van der Waals surface area contributed by atoms with Crippen molar-refractivity contribution in [3.63, 3.8) is 0 Å². The summed E-state index contributed by atoms with van der Waals surface area (Å²) < 4.78 is 0. The lowest BCUT2D eigenvalue weighted by Gasteiger charge is -2.29. The van der Waals surface area contributed by atoms with Crippen molar-refractivity contribution in [2.75, 3.05) is 7.05 Å². The maximum absolute atomic E-state index is 3.80. The van der Waals surface area contributed by atoms with E-state index in [-0.39, 0.29) is 0 Å². The molecule has 12 heavy (non-hydrogen) atoms. The minimum atomic E-state index is 0.401. The predicted molar refractivity (Wildman–Crippen MR) is 56.3 cm³/mol. The molecule has 0 aromatic carbocycles. The lowest BCUT2D eigenvalue weighted by Crippen LogP contribution is -2.29. The van der Waals surface area contributed by atoms with Gasteiger partial charge < -0.3 is 5.32 Å². The molecular formula is C11H23N. The third kappa shape index (κ3) is 3.91. The molecule has 0 aliphatic heterocycles. The highest BCUT2D eigenvalue weighted by Crippen LogP contribution is 2.28. The third-order valence-electron chi connectivity index (χ3n) is 2.74. The molecule has 0 aromatic heterocycles. The maximum atomic E-state index is 3.80. The highest BCUT2D eigenvalue weighted by Gasteiger charge is 2.21. The Morgan fingerprint density at radius 2 is 1.92 bits per heavy atom. The Morgan fingerprint density at radius 1 is 1.42 bits per heavy atom. The van der Waals surface area contributed by atoms with Gasteiger partial charge in [0.25, 0.3) is 0 Å². The highest BCUT2D eigenvalue weighted by atomic mass is 14.9. The zero-order valence-corrected chi connectivity index (χ0v) is 9.15. The van der Waals surface area contributed by atoms with Crippen LogP contribution in [0.3, 0.4) is 0 Å². The summed E-state index contributed by atoms with van der Waals surface area (Å²) in [6.45, 7) is 13.0. The second-order valence-corrected chi connectivity index (χ2v) is 4.63. The van der Waals surface area contributed by atoms with Crippen LogP contribution in [0.15, 0.2) is 12.7 Å². The average Bonchev–Trinajstić information content (AvgIpc) is 1.97. The minimum Gasteiger partial charge on any atom is -0.314 e. The lowest BCUT2D eigenvalue weighted by atomic mass is 9.78. The molecule has 0 fully saturated rings. The van der Waals surface area contributed by atoms with Gasteiger partial charge in [0.1, 0.15) is 0 Å². The molecule has 1 nitrogen and oxygen atoms in total. The van der Waals surface area contributed by atoms with Gasteiger partial charge in [-0.3, -0.25) is 0 Å². The zero-order chi connectivity index (χ0) is 9.78. The molecule has 0 heterocycles. The summed E-state index contributed by atoms with van der Waals surface area (Å²) in [5, 5.41) is 3.24. The maximum Gasteiger partial charge on any atom is 0.0247 e. The van der Waals surface area contributed by atoms with Crippen LogP contribution in [-0.4, -0.2) is 13.1 Å². The topological polar surface area (TPSA) is 12.0 Å². The molecule has 1 heteroatoms. The second kappa shape index (κ2) is 4.66. The Balaban J connectivity index is 3.98. The Morgan fingerprint density at radius 3 is 2.17 bits per heavy atom. The van der Waals surface area contributed by atoms with E-state index in [9.17, 15) is 0 Å². The monoisotopic (exact) mass is 169 g/mol. The molecule has 0 rings (SSSR count). The van der Waals surface area contributed by atoms with Gasteiger partial charge in [-0.2, -0.15) is 0 Å². The molecule has 0 radical (unpaired) electrons. The summed E-state index contributed by atoms with van der Waals surface area (Å²) in [7, 11) is 1.99. The summed E-state index contributed by atoms with van der Waals surface area (Å²) in [6, 6.07) is 0.458. The summed E-state index contributed by atoms with van der Waals surface area (Å²) in [4.78, 5) is 0.